The van der Waals surface area contributed by atoms with Crippen molar-refractivity contribution in [1.82, 2.24) is 4.72 Å². The van der Waals surface area contributed by atoms with Crippen LogP contribution in [0.4, 0.5) is 0 Å². The van der Waals surface area contributed by atoms with E-state index >= 15 is 0 Å². The smallest absolute Gasteiger partial charge is 0.209 e. The summed E-state index contributed by atoms with van der Waals surface area (Å²) in [5.74, 6) is 0.680. The monoisotopic (exact) mass is 285 g/mol. The highest BCUT2D eigenvalue weighted by molar-refractivity contribution is 7.88. The molecule has 0 aromatic heterocycles. The quantitative estimate of drug-likeness (QED) is 0.879. The Morgan fingerprint density at radius 3 is 2.89 bits per heavy atom. The van der Waals surface area contributed by atoms with Crippen molar-refractivity contribution in [3.8, 4) is 5.75 Å². The third-order valence-electron chi connectivity index (χ3n) is 3.20. The van der Waals surface area contributed by atoms with Crippen LogP contribution in [-0.4, -0.2) is 26.4 Å². The summed E-state index contributed by atoms with van der Waals surface area (Å²) in [6, 6.07) is 5.14. The number of aliphatic hydroxyl groups is 1. The van der Waals surface area contributed by atoms with Crippen molar-refractivity contribution in [1.29, 1.82) is 0 Å². The molecule has 106 valence electrons. The van der Waals surface area contributed by atoms with Crippen LogP contribution < -0.4 is 9.46 Å². The molecule has 1 aromatic rings. The third-order valence-corrected chi connectivity index (χ3v) is 3.91. The minimum Gasteiger partial charge on any atom is -0.493 e. The first-order valence-electron chi connectivity index (χ1n) is 6.32. The molecule has 2 N–H and O–H groups in total. The van der Waals surface area contributed by atoms with Crippen molar-refractivity contribution in [3.63, 3.8) is 0 Å². The maximum atomic E-state index is 11.4. The van der Waals surface area contributed by atoms with Gasteiger partial charge in [0.25, 0.3) is 0 Å². The largest absolute Gasteiger partial charge is 0.493 e. The Balaban J connectivity index is 2.35. The Morgan fingerprint density at radius 1 is 1.53 bits per heavy atom. The Morgan fingerprint density at radius 2 is 2.26 bits per heavy atom. The zero-order valence-corrected chi connectivity index (χ0v) is 11.9. The molecule has 1 aliphatic rings. The molecule has 2 rings (SSSR count). The second-order valence-electron chi connectivity index (χ2n) is 4.80. The maximum Gasteiger partial charge on any atom is 0.209 e. The summed E-state index contributed by atoms with van der Waals surface area (Å²) in [5, 5.41) is 9.87. The van der Waals surface area contributed by atoms with Gasteiger partial charge in [-0.15, -0.1) is 0 Å². The molecule has 19 heavy (non-hydrogen) atoms. The van der Waals surface area contributed by atoms with E-state index in [2.05, 4.69) is 4.72 Å². The van der Waals surface area contributed by atoms with E-state index in [1.807, 2.05) is 19.1 Å². The number of nitrogens with one attached hydrogen (secondary N) is 1. The number of hydrogen-bond acceptors (Lipinski definition) is 4. The average molecular weight is 285 g/mol. The summed E-state index contributed by atoms with van der Waals surface area (Å²) in [6.07, 6.45) is 1.81. The Hall–Kier alpha value is -1.11. The first-order valence-corrected chi connectivity index (χ1v) is 8.22. The molecule has 2 unspecified atom stereocenters. The molecule has 5 nitrogen and oxygen atoms in total. The zero-order chi connectivity index (χ0) is 14.0. The number of sulfonamides is 1. The van der Waals surface area contributed by atoms with Crippen molar-refractivity contribution in [3.05, 3.63) is 29.3 Å². The van der Waals surface area contributed by atoms with Crippen LogP contribution in [0.3, 0.4) is 0 Å². The fourth-order valence-electron chi connectivity index (χ4n) is 2.24. The van der Waals surface area contributed by atoms with Crippen LogP contribution in [0.5, 0.6) is 5.75 Å². The van der Waals surface area contributed by atoms with Gasteiger partial charge in [0.05, 0.1) is 25.0 Å². The van der Waals surface area contributed by atoms with Crippen LogP contribution in [0.2, 0.25) is 0 Å². The number of aliphatic hydroxyl groups excluding tert-OH is 1. The molecule has 0 amide bonds. The number of rotatable bonds is 4. The number of fused-ring (bicyclic) bond motifs is 1. The number of ether oxygens (including phenoxy) is 1. The minimum absolute atomic E-state index is 0.289. The van der Waals surface area contributed by atoms with Gasteiger partial charge in [-0.25, -0.2) is 13.1 Å². The van der Waals surface area contributed by atoms with Crippen molar-refractivity contribution in [2.75, 3.05) is 12.9 Å². The van der Waals surface area contributed by atoms with Crippen molar-refractivity contribution in [2.45, 2.75) is 31.9 Å². The SMILES string of the molecule is CCC(O)c1ccc2c(c1)C(NS(C)(=O)=O)CCO2. The summed E-state index contributed by atoms with van der Waals surface area (Å²) < 4.78 is 30.9. The molecule has 0 spiro atoms. The average Bonchev–Trinajstić information content (AvgIpc) is 2.36. The Labute approximate surface area is 113 Å². The van der Waals surface area contributed by atoms with Crippen LogP contribution >= 0.6 is 0 Å². The second-order valence-corrected chi connectivity index (χ2v) is 6.58. The highest BCUT2D eigenvalue weighted by Crippen LogP contribution is 2.34. The van der Waals surface area contributed by atoms with E-state index in [9.17, 15) is 13.5 Å². The Kier molecular flexibility index (Phi) is 4.13. The van der Waals surface area contributed by atoms with Gasteiger partial charge in [0.1, 0.15) is 5.75 Å². The molecule has 0 fully saturated rings. The lowest BCUT2D eigenvalue weighted by molar-refractivity contribution is 0.173. The van der Waals surface area contributed by atoms with E-state index in [1.165, 1.54) is 0 Å². The molecule has 0 saturated heterocycles. The van der Waals surface area contributed by atoms with Gasteiger partial charge >= 0.3 is 0 Å². The summed E-state index contributed by atoms with van der Waals surface area (Å²) in [4.78, 5) is 0. The predicted molar refractivity (Wildman–Crippen MR) is 72.5 cm³/mol. The van der Waals surface area contributed by atoms with Gasteiger partial charge in [-0.2, -0.15) is 0 Å². The van der Waals surface area contributed by atoms with Gasteiger partial charge in [-0.05, 0) is 24.1 Å². The number of hydrogen-bond donors (Lipinski definition) is 2. The molecule has 0 radical (unpaired) electrons. The minimum atomic E-state index is -3.27. The molecule has 0 aliphatic carbocycles. The fraction of sp³-hybridized carbons (Fsp3) is 0.538. The van der Waals surface area contributed by atoms with E-state index in [4.69, 9.17) is 4.74 Å². The second kappa shape index (κ2) is 5.48. The molecular formula is C13H19NO4S. The predicted octanol–water partition coefficient (Wildman–Crippen LogP) is 1.50. The van der Waals surface area contributed by atoms with Crippen LogP contribution in [0.25, 0.3) is 0 Å². The van der Waals surface area contributed by atoms with Crippen LogP contribution in [0.1, 0.15) is 43.0 Å². The van der Waals surface area contributed by atoms with Gasteiger partial charge in [-0.3, -0.25) is 0 Å². The van der Waals surface area contributed by atoms with Crippen molar-refractivity contribution in [2.24, 2.45) is 0 Å². The first-order chi connectivity index (χ1) is 8.90. The lowest BCUT2D eigenvalue weighted by Crippen LogP contribution is -2.31. The topological polar surface area (TPSA) is 75.6 Å². The van der Waals surface area contributed by atoms with Crippen LogP contribution in [0.15, 0.2) is 18.2 Å². The molecule has 0 saturated carbocycles. The van der Waals surface area contributed by atoms with Crippen molar-refractivity contribution >= 4 is 10.0 Å². The third kappa shape index (κ3) is 3.46. The van der Waals surface area contributed by atoms with Crippen LogP contribution in [-0.2, 0) is 10.0 Å². The molecule has 1 aromatic carbocycles. The van der Waals surface area contributed by atoms with E-state index in [1.54, 1.807) is 6.07 Å². The Bertz CT molecular complexity index is 556. The lowest BCUT2D eigenvalue weighted by atomic mass is 9.96. The van der Waals surface area contributed by atoms with E-state index in [0.717, 1.165) is 17.4 Å². The summed E-state index contributed by atoms with van der Waals surface area (Å²) in [7, 11) is -3.27. The maximum absolute atomic E-state index is 11.4. The zero-order valence-electron chi connectivity index (χ0n) is 11.1. The van der Waals surface area contributed by atoms with Gasteiger partial charge in [0, 0.05) is 12.0 Å². The molecule has 0 bridgehead atoms. The van der Waals surface area contributed by atoms with Gasteiger partial charge < -0.3 is 9.84 Å². The lowest BCUT2D eigenvalue weighted by Gasteiger charge is -2.27. The summed E-state index contributed by atoms with van der Waals surface area (Å²) in [5.41, 5.74) is 1.58. The normalized spacial score (nSPS) is 20.5. The first kappa shape index (κ1) is 14.3. The van der Waals surface area contributed by atoms with E-state index in [0.29, 0.717) is 25.2 Å². The number of benzene rings is 1. The standard InChI is InChI=1S/C13H19NO4S/c1-3-12(15)9-4-5-13-10(8-9)11(6-7-18-13)14-19(2,16)17/h4-5,8,11-12,14-15H,3,6-7H2,1-2H3. The van der Waals surface area contributed by atoms with Gasteiger partial charge in [0.15, 0.2) is 0 Å². The van der Waals surface area contributed by atoms with E-state index < -0.39 is 16.1 Å². The van der Waals surface area contributed by atoms with E-state index in [-0.39, 0.29) is 6.04 Å². The molecule has 1 aliphatic heterocycles. The van der Waals surface area contributed by atoms with Crippen molar-refractivity contribution < 1.29 is 18.3 Å². The molecule has 1 heterocycles. The molecular weight excluding hydrogens is 266 g/mol. The summed E-state index contributed by atoms with van der Waals surface area (Å²) >= 11 is 0. The summed E-state index contributed by atoms with van der Waals surface area (Å²) in [6.45, 7) is 2.38. The fourth-order valence-corrected chi connectivity index (χ4v) is 3.00. The molecule has 2 atom stereocenters. The van der Waals surface area contributed by atoms with Gasteiger partial charge in [0.2, 0.25) is 10.0 Å². The van der Waals surface area contributed by atoms with Gasteiger partial charge in [-0.1, -0.05) is 13.0 Å². The van der Waals surface area contributed by atoms with Crippen LogP contribution in [0, 0.1) is 0 Å². The highest BCUT2D eigenvalue weighted by Gasteiger charge is 2.25. The highest BCUT2D eigenvalue weighted by atomic mass is 32.2. The molecule has 6 heteroatoms.